The first-order valence-electron chi connectivity index (χ1n) is 8.89. The lowest BCUT2D eigenvalue weighted by Crippen LogP contribution is -2.65. The number of hydrogen-bond donors (Lipinski definition) is 0. The van der Waals surface area contributed by atoms with Gasteiger partial charge in [0.1, 0.15) is 0 Å². The van der Waals surface area contributed by atoms with Crippen molar-refractivity contribution < 1.29 is 14.3 Å². The zero-order valence-corrected chi connectivity index (χ0v) is 16.3. The van der Waals surface area contributed by atoms with Crippen molar-refractivity contribution in [2.45, 2.75) is 19.1 Å². The Morgan fingerprint density at radius 3 is 2.78 bits per heavy atom. The van der Waals surface area contributed by atoms with Crippen molar-refractivity contribution >= 4 is 35.2 Å². The number of likely N-dealkylation sites (N-methyl/N-ethyl adjacent to an activating group) is 1. The van der Waals surface area contributed by atoms with Gasteiger partial charge in [-0.05, 0) is 24.6 Å². The van der Waals surface area contributed by atoms with Gasteiger partial charge in [-0.3, -0.25) is 9.69 Å². The molecule has 0 aromatic heterocycles. The number of aliphatic imine (C=N–C) groups is 1. The van der Waals surface area contributed by atoms with E-state index in [2.05, 4.69) is 4.90 Å². The van der Waals surface area contributed by atoms with E-state index < -0.39 is 12.2 Å². The quantitative estimate of drug-likeness (QED) is 0.775. The molecule has 0 aliphatic carbocycles. The number of benzene rings is 1. The van der Waals surface area contributed by atoms with Crippen LogP contribution in [0.15, 0.2) is 23.2 Å². The molecule has 0 spiro atoms. The zero-order chi connectivity index (χ0) is 19.3. The lowest BCUT2D eigenvalue weighted by molar-refractivity contribution is -0.137. The number of amides is 3. The third-order valence-corrected chi connectivity index (χ3v) is 5.77. The number of hydrogen-bond acceptors (Lipinski definition) is 6. The van der Waals surface area contributed by atoms with E-state index in [-0.39, 0.29) is 18.5 Å². The van der Waals surface area contributed by atoms with Gasteiger partial charge in [-0.2, -0.15) is 0 Å². The molecule has 8 nitrogen and oxygen atoms in total. The molecule has 2 fully saturated rings. The van der Waals surface area contributed by atoms with Crippen molar-refractivity contribution in [1.82, 2.24) is 14.7 Å². The van der Waals surface area contributed by atoms with Crippen molar-refractivity contribution in [2.24, 2.45) is 4.99 Å². The Hall–Kier alpha value is -2.32. The average Bonchev–Trinajstić information content (AvgIpc) is 3.21. The van der Waals surface area contributed by atoms with Crippen LogP contribution in [-0.2, 0) is 9.53 Å². The summed E-state index contributed by atoms with van der Waals surface area (Å²) >= 11 is 6.28. The number of nitrogens with zero attached hydrogens (tertiary/aromatic N) is 5. The van der Waals surface area contributed by atoms with Crippen LogP contribution in [0.4, 0.5) is 10.5 Å². The van der Waals surface area contributed by atoms with Crippen LogP contribution in [0, 0.1) is 6.92 Å². The van der Waals surface area contributed by atoms with Gasteiger partial charge in [-0.1, -0.05) is 17.7 Å². The van der Waals surface area contributed by atoms with E-state index >= 15 is 0 Å². The number of methoxy groups -OCH3 is 1. The van der Waals surface area contributed by atoms with Crippen LogP contribution in [0.3, 0.4) is 0 Å². The van der Waals surface area contributed by atoms with Gasteiger partial charge in [-0.15, -0.1) is 0 Å². The molecule has 1 aromatic carbocycles. The fourth-order valence-electron chi connectivity index (χ4n) is 3.82. The number of carbonyl (C=O) groups excluding carboxylic acids is 2. The van der Waals surface area contributed by atoms with Crippen LogP contribution in [0.2, 0.25) is 5.02 Å². The van der Waals surface area contributed by atoms with Gasteiger partial charge in [0.25, 0.3) is 5.91 Å². The van der Waals surface area contributed by atoms with Crippen LogP contribution < -0.4 is 4.90 Å². The summed E-state index contributed by atoms with van der Waals surface area (Å²) < 4.78 is 5.04. The first kappa shape index (κ1) is 18.1. The highest BCUT2D eigenvalue weighted by atomic mass is 35.5. The number of anilines is 1. The molecule has 0 radical (unpaired) electrons. The SMILES string of the molecule is COCCN1C(=O)C2C(N=C3N(c4ccc(C)c(Cl)c4)CCN32)N(C)C1=O. The van der Waals surface area contributed by atoms with E-state index in [1.807, 2.05) is 30.0 Å². The second-order valence-electron chi connectivity index (χ2n) is 6.94. The van der Waals surface area contributed by atoms with Gasteiger partial charge in [0.05, 0.1) is 13.2 Å². The van der Waals surface area contributed by atoms with Gasteiger partial charge in [0.2, 0.25) is 5.96 Å². The summed E-state index contributed by atoms with van der Waals surface area (Å²) in [6, 6.07) is 5.04. The molecule has 0 saturated carbocycles. The Balaban J connectivity index is 1.64. The van der Waals surface area contributed by atoms with Crippen molar-refractivity contribution in [3.8, 4) is 0 Å². The third kappa shape index (κ3) is 2.74. The topological polar surface area (TPSA) is 68.7 Å². The smallest absolute Gasteiger partial charge is 0.328 e. The van der Waals surface area contributed by atoms with Gasteiger partial charge < -0.3 is 19.4 Å². The highest BCUT2D eigenvalue weighted by Crippen LogP contribution is 2.34. The fraction of sp³-hybridized carbons (Fsp3) is 0.500. The second-order valence-corrected chi connectivity index (χ2v) is 7.35. The van der Waals surface area contributed by atoms with Crippen molar-refractivity contribution in [3.63, 3.8) is 0 Å². The lowest BCUT2D eigenvalue weighted by Gasteiger charge is -2.40. The third-order valence-electron chi connectivity index (χ3n) is 5.36. The summed E-state index contributed by atoms with van der Waals surface area (Å²) in [5.41, 5.74) is 1.94. The maximum Gasteiger partial charge on any atom is 0.328 e. The molecular formula is C18H22ClN5O3. The van der Waals surface area contributed by atoms with E-state index in [1.165, 1.54) is 9.80 Å². The number of fused-ring (bicyclic) bond motifs is 3. The fourth-order valence-corrected chi connectivity index (χ4v) is 3.99. The standard InChI is InChI=1S/C18H22ClN5O3/c1-11-4-5-12(10-13(11)19)22-6-7-23-14-15(20-17(22)23)21(2)18(26)24(16(14)25)8-9-27-3/h4-5,10,14-15H,6-9H2,1-3H3. The van der Waals surface area contributed by atoms with E-state index in [1.54, 1.807) is 14.2 Å². The Kier molecular flexibility index (Phi) is 4.47. The normalized spacial score (nSPS) is 24.5. The molecule has 9 heteroatoms. The van der Waals surface area contributed by atoms with E-state index in [0.717, 1.165) is 11.3 Å². The molecule has 0 bridgehead atoms. The largest absolute Gasteiger partial charge is 0.383 e. The summed E-state index contributed by atoms with van der Waals surface area (Å²) in [7, 11) is 3.23. The highest BCUT2D eigenvalue weighted by Gasteiger charge is 2.54. The lowest BCUT2D eigenvalue weighted by atomic mass is 10.1. The van der Waals surface area contributed by atoms with Crippen molar-refractivity contribution in [2.75, 3.05) is 45.3 Å². The number of rotatable bonds is 4. The molecule has 0 N–H and O–H groups in total. The van der Waals surface area contributed by atoms with Crippen LogP contribution in [0.5, 0.6) is 0 Å². The highest BCUT2D eigenvalue weighted by molar-refractivity contribution is 6.31. The van der Waals surface area contributed by atoms with Crippen molar-refractivity contribution in [1.29, 1.82) is 0 Å². The number of halogens is 1. The number of urea groups is 1. The van der Waals surface area contributed by atoms with Gasteiger partial charge in [0, 0.05) is 38.0 Å². The Bertz CT molecular complexity index is 829. The zero-order valence-electron chi connectivity index (χ0n) is 15.6. The Morgan fingerprint density at radius 1 is 1.30 bits per heavy atom. The summed E-state index contributed by atoms with van der Waals surface area (Å²) in [4.78, 5) is 37.2. The van der Waals surface area contributed by atoms with Gasteiger partial charge >= 0.3 is 6.03 Å². The summed E-state index contributed by atoms with van der Waals surface area (Å²) in [6.07, 6.45) is -0.512. The molecule has 4 rings (SSSR count). The molecule has 3 aliphatic heterocycles. The molecule has 144 valence electrons. The molecule has 1 aromatic rings. The first-order valence-corrected chi connectivity index (χ1v) is 9.27. The van der Waals surface area contributed by atoms with Crippen LogP contribution >= 0.6 is 11.6 Å². The van der Waals surface area contributed by atoms with Crippen LogP contribution in [-0.4, -0.2) is 85.2 Å². The molecular weight excluding hydrogens is 370 g/mol. The second kappa shape index (κ2) is 6.69. The Labute approximate surface area is 162 Å². The number of aryl methyl sites for hydroxylation is 1. The summed E-state index contributed by atoms with van der Waals surface area (Å²) in [5.74, 6) is 0.495. The molecule has 2 saturated heterocycles. The maximum atomic E-state index is 13.0. The molecule has 3 aliphatic rings. The van der Waals surface area contributed by atoms with Crippen LogP contribution in [0.25, 0.3) is 0 Å². The number of ether oxygens (including phenoxy) is 1. The van der Waals surface area contributed by atoms with E-state index in [0.29, 0.717) is 30.7 Å². The summed E-state index contributed by atoms with van der Waals surface area (Å²) in [5, 5.41) is 0.691. The van der Waals surface area contributed by atoms with Gasteiger partial charge in [0.15, 0.2) is 12.2 Å². The monoisotopic (exact) mass is 391 g/mol. The van der Waals surface area contributed by atoms with Gasteiger partial charge in [-0.25, -0.2) is 9.79 Å². The molecule has 2 unspecified atom stereocenters. The molecule has 3 amide bonds. The predicted octanol–water partition coefficient (Wildman–Crippen LogP) is 1.38. The Morgan fingerprint density at radius 2 is 2.07 bits per heavy atom. The maximum absolute atomic E-state index is 13.0. The van der Waals surface area contributed by atoms with E-state index in [4.69, 9.17) is 21.3 Å². The molecule has 27 heavy (non-hydrogen) atoms. The minimum absolute atomic E-state index is 0.220. The average molecular weight is 392 g/mol. The molecule has 3 heterocycles. The summed E-state index contributed by atoms with van der Waals surface area (Å²) in [6.45, 7) is 3.88. The van der Waals surface area contributed by atoms with Crippen molar-refractivity contribution in [3.05, 3.63) is 28.8 Å². The predicted molar refractivity (Wildman–Crippen MR) is 102 cm³/mol. The minimum Gasteiger partial charge on any atom is -0.383 e. The first-order chi connectivity index (χ1) is 12.9. The number of imide groups is 1. The van der Waals surface area contributed by atoms with E-state index in [9.17, 15) is 9.59 Å². The minimum atomic E-state index is -0.512. The molecule has 2 atom stereocenters. The van der Waals surface area contributed by atoms with Crippen LogP contribution in [0.1, 0.15) is 5.56 Å². The number of carbonyl (C=O) groups is 2. The number of guanidine groups is 1.